The van der Waals surface area contributed by atoms with Gasteiger partial charge in [0.25, 0.3) is 0 Å². The van der Waals surface area contributed by atoms with E-state index in [-0.39, 0.29) is 18.1 Å². The average molecular weight is 278 g/mol. The van der Waals surface area contributed by atoms with Crippen molar-refractivity contribution < 1.29 is 14.3 Å². The number of hydrogen-bond acceptors (Lipinski definition) is 5. The molecule has 1 fully saturated rings. The Hall–Kier alpha value is -1.75. The zero-order valence-electron chi connectivity index (χ0n) is 12.3. The van der Waals surface area contributed by atoms with E-state index in [1.165, 1.54) is 0 Å². The summed E-state index contributed by atoms with van der Waals surface area (Å²) >= 11 is 0. The summed E-state index contributed by atoms with van der Waals surface area (Å²) in [5, 5.41) is 0. The van der Waals surface area contributed by atoms with Gasteiger partial charge in [0.05, 0.1) is 30.6 Å². The van der Waals surface area contributed by atoms with Crippen LogP contribution in [0.1, 0.15) is 31.1 Å². The first-order valence-corrected chi connectivity index (χ1v) is 6.97. The second-order valence-corrected chi connectivity index (χ2v) is 5.14. The van der Waals surface area contributed by atoms with Crippen LogP contribution in [0.25, 0.3) is 0 Å². The van der Waals surface area contributed by atoms with Crippen molar-refractivity contribution >= 4 is 17.3 Å². The Morgan fingerprint density at radius 1 is 1.50 bits per heavy atom. The first-order chi connectivity index (χ1) is 9.52. The number of ether oxygens (including phenoxy) is 2. The van der Waals surface area contributed by atoms with Crippen LogP contribution < -0.4 is 10.6 Å². The van der Waals surface area contributed by atoms with Gasteiger partial charge in [0.1, 0.15) is 0 Å². The number of nitrogen functional groups attached to an aromatic ring is 1. The number of anilines is 2. The van der Waals surface area contributed by atoms with Crippen molar-refractivity contribution in [2.45, 2.75) is 32.9 Å². The molecule has 0 aromatic heterocycles. The molecule has 0 bridgehead atoms. The van der Waals surface area contributed by atoms with Crippen LogP contribution in [0.5, 0.6) is 0 Å². The van der Waals surface area contributed by atoms with E-state index in [4.69, 9.17) is 15.2 Å². The van der Waals surface area contributed by atoms with Crippen LogP contribution in [0.2, 0.25) is 0 Å². The summed E-state index contributed by atoms with van der Waals surface area (Å²) in [7, 11) is 0. The van der Waals surface area contributed by atoms with E-state index in [1.807, 2.05) is 19.1 Å². The van der Waals surface area contributed by atoms with E-state index >= 15 is 0 Å². The number of nitrogens with two attached hydrogens (primary N) is 1. The van der Waals surface area contributed by atoms with Crippen LogP contribution in [-0.2, 0) is 9.47 Å². The van der Waals surface area contributed by atoms with Crippen molar-refractivity contribution in [3.63, 3.8) is 0 Å². The Morgan fingerprint density at radius 2 is 2.25 bits per heavy atom. The fourth-order valence-electron chi connectivity index (χ4n) is 2.42. The van der Waals surface area contributed by atoms with Gasteiger partial charge in [-0.1, -0.05) is 0 Å². The van der Waals surface area contributed by atoms with Gasteiger partial charge in [-0.15, -0.1) is 0 Å². The van der Waals surface area contributed by atoms with E-state index in [9.17, 15) is 4.79 Å². The molecule has 1 heterocycles. The van der Waals surface area contributed by atoms with Crippen molar-refractivity contribution in [1.29, 1.82) is 0 Å². The van der Waals surface area contributed by atoms with Gasteiger partial charge in [-0.3, -0.25) is 0 Å². The summed E-state index contributed by atoms with van der Waals surface area (Å²) in [6, 6.07) is 5.59. The minimum atomic E-state index is -0.332. The van der Waals surface area contributed by atoms with E-state index in [0.29, 0.717) is 24.5 Å². The van der Waals surface area contributed by atoms with Crippen LogP contribution in [0.4, 0.5) is 11.4 Å². The minimum absolute atomic E-state index is 0.138. The topological polar surface area (TPSA) is 64.8 Å². The van der Waals surface area contributed by atoms with E-state index < -0.39 is 0 Å². The number of nitrogens with zero attached hydrogens (tertiary/aromatic N) is 1. The van der Waals surface area contributed by atoms with Crippen LogP contribution in [0, 0.1) is 0 Å². The summed E-state index contributed by atoms with van der Waals surface area (Å²) in [5.41, 5.74) is 7.75. The molecular weight excluding hydrogens is 256 g/mol. The second-order valence-electron chi connectivity index (χ2n) is 5.14. The van der Waals surface area contributed by atoms with E-state index in [1.54, 1.807) is 13.0 Å². The van der Waals surface area contributed by atoms with Gasteiger partial charge >= 0.3 is 5.97 Å². The molecule has 0 spiro atoms. The maximum absolute atomic E-state index is 12.1. The Balaban J connectivity index is 2.37. The molecule has 0 saturated carbocycles. The molecule has 2 rings (SSSR count). The van der Waals surface area contributed by atoms with Gasteiger partial charge < -0.3 is 20.1 Å². The van der Waals surface area contributed by atoms with Crippen molar-refractivity contribution in [2.75, 3.05) is 30.4 Å². The molecule has 2 unspecified atom stereocenters. The molecule has 1 aliphatic heterocycles. The third kappa shape index (κ3) is 3.04. The summed E-state index contributed by atoms with van der Waals surface area (Å²) in [4.78, 5) is 14.3. The molecule has 0 amide bonds. The first-order valence-electron chi connectivity index (χ1n) is 6.97. The van der Waals surface area contributed by atoms with Gasteiger partial charge in [-0.05, 0) is 39.0 Å². The van der Waals surface area contributed by atoms with Crippen LogP contribution >= 0.6 is 0 Å². The molecule has 20 heavy (non-hydrogen) atoms. The standard InChI is InChI=1S/C15H22N2O3/c1-4-19-15(18)13-7-12(16)5-6-14(13)17-8-11(3)20-9-10(17)2/h5-7,10-11H,4,8-9,16H2,1-3H3. The summed E-state index contributed by atoms with van der Waals surface area (Å²) < 4.78 is 10.8. The molecule has 1 aromatic carbocycles. The monoisotopic (exact) mass is 278 g/mol. The summed E-state index contributed by atoms with van der Waals surface area (Å²) in [6.45, 7) is 7.65. The quantitative estimate of drug-likeness (QED) is 0.677. The van der Waals surface area contributed by atoms with Gasteiger partial charge in [0.15, 0.2) is 0 Å². The molecule has 5 heteroatoms. The third-order valence-corrected chi connectivity index (χ3v) is 3.43. The number of benzene rings is 1. The van der Waals surface area contributed by atoms with Gasteiger partial charge in [0, 0.05) is 18.3 Å². The van der Waals surface area contributed by atoms with Crippen molar-refractivity contribution in [1.82, 2.24) is 0 Å². The smallest absolute Gasteiger partial charge is 0.340 e. The molecule has 0 aliphatic carbocycles. The zero-order chi connectivity index (χ0) is 14.7. The fraction of sp³-hybridized carbons (Fsp3) is 0.533. The highest BCUT2D eigenvalue weighted by Crippen LogP contribution is 2.28. The lowest BCUT2D eigenvalue weighted by molar-refractivity contribution is 0.0339. The summed E-state index contributed by atoms with van der Waals surface area (Å²) in [5.74, 6) is -0.332. The average Bonchev–Trinajstić information content (AvgIpc) is 2.42. The predicted octanol–water partition coefficient (Wildman–Crippen LogP) is 2.06. The van der Waals surface area contributed by atoms with Gasteiger partial charge in [0.2, 0.25) is 0 Å². The summed E-state index contributed by atoms with van der Waals surface area (Å²) in [6.07, 6.45) is 0.138. The molecule has 1 saturated heterocycles. The molecule has 1 aromatic rings. The maximum atomic E-state index is 12.1. The third-order valence-electron chi connectivity index (χ3n) is 3.43. The number of esters is 1. The number of morpholine rings is 1. The molecule has 5 nitrogen and oxygen atoms in total. The predicted molar refractivity (Wildman–Crippen MR) is 79.0 cm³/mol. The number of rotatable bonds is 3. The number of carbonyl (C=O) groups is 1. The highest BCUT2D eigenvalue weighted by Gasteiger charge is 2.27. The Bertz CT molecular complexity index is 490. The fourth-order valence-corrected chi connectivity index (χ4v) is 2.42. The lowest BCUT2D eigenvalue weighted by Gasteiger charge is -2.39. The van der Waals surface area contributed by atoms with Gasteiger partial charge in [-0.2, -0.15) is 0 Å². The molecule has 1 aliphatic rings. The maximum Gasteiger partial charge on any atom is 0.340 e. The second kappa shape index (κ2) is 6.13. The SMILES string of the molecule is CCOC(=O)c1cc(N)ccc1N1CC(C)OCC1C. The van der Waals surface area contributed by atoms with Crippen LogP contribution in [0.15, 0.2) is 18.2 Å². The molecular formula is C15H22N2O3. The lowest BCUT2D eigenvalue weighted by atomic mass is 10.1. The largest absolute Gasteiger partial charge is 0.462 e. The highest BCUT2D eigenvalue weighted by atomic mass is 16.5. The van der Waals surface area contributed by atoms with Crippen molar-refractivity contribution in [3.8, 4) is 0 Å². The number of carbonyl (C=O) groups excluding carboxylic acids is 1. The van der Waals surface area contributed by atoms with E-state index in [2.05, 4.69) is 11.8 Å². The minimum Gasteiger partial charge on any atom is -0.462 e. The van der Waals surface area contributed by atoms with Crippen LogP contribution in [-0.4, -0.2) is 37.9 Å². The highest BCUT2D eigenvalue weighted by molar-refractivity contribution is 5.97. The first kappa shape index (κ1) is 14.7. The van der Waals surface area contributed by atoms with Crippen molar-refractivity contribution in [2.24, 2.45) is 0 Å². The Labute approximate surface area is 119 Å². The van der Waals surface area contributed by atoms with E-state index in [0.717, 1.165) is 12.2 Å². The van der Waals surface area contributed by atoms with Crippen molar-refractivity contribution in [3.05, 3.63) is 23.8 Å². The van der Waals surface area contributed by atoms with Gasteiger partial charge in [-0.25, -0.2) is 4.79 Å². The van der Waals surface area contributed by atoms with Crippen LogP contribution in [0.3, 0.4) is 0 Å². The molecule has 110 valence electrons. The molecule has 2 N–H and O–H groups in total. The Morgan fingerprint density at radius 3 is 2.95 bits per heavy atom. The number of hydrogen-bond donors (Lipinski definition) is 1. The lowest BCUT2D eigenvalue weighted by Crippen LogP contribution is -2.48. The zero-order valence-corrected chi connectivity index (χ0v) is 12.3. The Kier molecular flexibility index (Phi) is 4.49. The molecule has 2 atom stereocenters. The normalized spacial score (nSPS) is 22.6. The molecule has 0 radical (unpaired) electrons.